The molecule has 2 heterocycles. The number of aromatic nitrogens is 2. The summed E-state index contributed by atoms with van der Waals surface area (Å²) in [7, 11) is 0. The van der Waals surface area contributed by atoms with Crippen molar-refractivity contribution in [2.24, 2.45) is 0 Å². The van der Waals surface area contributed by atoms with Gasteiger partial charge in [0.2, 0.25) is 0 Å². The van der Waals surface area contributed by atoms with Gasteiger partial charge in [-0.2, -0.15) is 4.37 Å². The van der Waals surface area contributed by atoms with Crippen molar-refractivity contribution in [2.45, 2.75) is 34.1 Å². The molecule has 0 aromatic carbocycles. The lowest BCUT2D eigenvalue weighted by Gasteiger charge is -2.05. The van der Waals surface area contributed by atoms with Gasteiger partial charge in [0.25, 0.3) is 5.91 Å². The van der Waals surface area contributed by atoms with Gasteiger partial charge >= 0.3 is 0 Å². The average molecular weight is 375 g/mol. The van der Waals surface area contributed by atoms with Crippen LogP contribution >= 0.6 is 11.5 Å². The van der Waals surface area contributed by atoms with Gasteiger partial charge in [0.15, 0.2) is 0 Å². The number of amides is 1. The quantitative estimate of drug-likeness (QED) is 0.602. The van der Waals surface area contributed by atoms with E-state index in [0.717, 1.165) is 24.0 Å². The molecule has 0 saturated carbocycles. The van der Waals surface area contributed by atoms with Crippen LogP contribution in [0.25, 0.3) is 12.2 Å². The molecular formula is C20H30N4OS. The summed E-state index contributed by atoms with van der Waals surface area (Å²) in [5.74, 6) is 0.774. The Hall–Kier alpha value is -2.47. The zero-order valence-corrected chi connectivity index (χ0v) is 17.0. The first-order valence-corrected chi connectivity index (χ1v) is 9.55. The Morgan fingerprint density at radius 3 is 2.50 bits per heavy atom. The first-order valence-electron chi connectivity index (χ1n) is 8.77. The fourth-order valence-electron chi connectivity index (χ4n) is 2.01. The lowest BCUT2D eigenvalue weighted by atomic mass is 10.3. The van der Waals surface area contributed by atoms with E-state index in [9.17, 15) is 4.79 Å². The van der Waals surface area contributed by atoms with Gasteiger partial charge in [0.1, 0.15) is 11.5 Å². The minimum absolute atomic E-state index is 0.139. The van der Waals surface area contributed by atoms with E-state index in [-0.39, 0.29) is 5.91 Å². The van der Waals surface area contributed by atoms with Crippen LogP contribution in [0.3, 0.4) is 0 Å². The molecule has 0 radical (unpaired) electrons. The standard InChI is InChI=1S/C16H20N4OS.C2H6.C2H4/c1-3-12-14(4-2)22-20-15(12)18-10-7-11-19-16(21)13-8-5-6-9-17-13;2*1-2/h3-6,8-9H,7,10-11H2,1-2H3,(H,18,20)(H,19,21);1-2H3;1-2H2/b12-3+,14-4+;;. The summed E-state index contributed by atoms with van der Waals surface area (Å²) in [6, 6.07) is 5.30. The van der Waals surface area contributed by atoms with E-state index in [2.05, 4.69) is 45.3 Å². The maximum Gasteiger partial charge on any atom is 0.269 e. The highest BCUT2D eigenvalue weighted by molar-refractivity contribution is 7.03. The third kappa shape index (κ3) is 7.61. The number of carbonyl (C=O) groups is 1. The van der Waals surface area contributed by atoms with Crippen LogP contribution in [0, 0.1) is 0 Å². The fraction of sp³-hybridized carbons (Fsp3) is 0.350. The van der Waals surface area contributed by atoms with E-state index in [0.29, 0.717) is 12.2 Å². The Kier molecular flexibility index (Phi) is 13.4. The second-order valence-electron chi connectivity index (χ2n) is 4.64. The molecule has 142 valence electrons. The van der Waals surface area contributed by atoms with E-state index in [1.54, 1.807) is 24.4 Å². The van der Waals surface area contributed by atoms with E-state index in [4.69, 9.17) is 0 Å². The van der Waals surface area contributed by atoms with E-state index in [1.165, 1.54) is 16.1 Å². The predicted octanol–water partition coefficient (Wildman–Crippen LogP) is 3.20. The lowest BCUT2D eigenvalue weighted by Crippen LogP contribution is -2.27. The van der Waals surface area contributed by atoms with Gasteiger partial charge in [-0.25, -0.2) is 0 Å². The van der Waals surface area contributed by atoms with Gasteiger partial charge < -0.3 is 10.6 Å². The monoisotopic (exact) mass is 374 g/mol. The molecule has 0 bridgehead atoms. The van der Waals surface area contributed by atoms with Crippen LogP contribution in [0.5, 0.6) is 0 Å². The molecule has 0 atom stereocenters. The molecule has 0 saturated heterocycles. The molecule has 0 unspecified atom stereocenters. The molecule has 0 aliphatic carbocycles. The number of nitrogens with zero attached hydrogens (tertiary/aromatic N) is 2. The SMILES string of the molecule is C/C=c1/c(NCCCNC(=O)c2ccccn2)ns/c1=C/C.C=C.CC. The molecule has 0 aliphatic heterocycles. The zero-order valence-electron chi connectivity index (χ0n) is 16.2. The lowest BCUT2D eigenvalue weighted by molar-refractivity contribution is 0.0948. The molecular weight excluding hydrogens is 344 g/mol. The highest BCUT2D eigenvalue weighted by Crippen LogP contribution is 1.96. The molecule has 6 heteroatoms. The summed E-state index contributed by atoms with van der Waals surface area (Å²) in [5.41, 5.74) is 0.445. The van der Waals surface area contributed by atoms with Gasteiger partial charge in [-0.05, 0) is 43.9 Å². The fourth-order valence-corrected chi connectivity index (χ4v) is 2.78. The van der Waals surface area contributed by atoms with Crippen molar-refractivity contribution >= 4 is 35.4 Å². The van der Waals surface area contributed by atoms with Crippen LogP contribution < -0.4 is 20.4 Å². The molecule has 1 amide bonds. The summed E-state index contributed by atoms with van der Waals surface area (Å²) < 4.78 is 5.58. The summed E-state index contributed by atoms with van der Waals surface area (Å²) in [6.07, 6.45) is 6.56. The average Bonchev–Trinajstić information content (AvgIpc) is 3.13. The molecule has 2 N–H and O–H groups in total. The number of hydrogen-bond acceptors (Lipinski definition) is 5. The van der Waals surface area contributed by atoms with Gasteiger partial charge in [-0.3, -0.25) is 9.78 Å². The van der Waals surface area contributed by atoms with Crippen LogP contribution in [0.1, 0.15) is 44.6 Å². The third-order valence-corrected chi connectivity index (χ3v) is 4.06. The zero-order chi connectivity index (χ0) is 19.8. The number of pyridine rings is 1. The molecule has 2 rings (SSSR count). The summed E-state index contributed by atoms with van der Waals surface area (Å²) >= 11 is 1.49. The maximum atomic E-state index is 11.8. The molecule has 5 nitrogen and oxygen atoms in total. The van der Waals surface area contributed by atoms with Crippen molar-refractivity contribution in [1.82, 2.24) is 14.7 Å². The summed E-state index contributed by atoms with van der Waals surface area (Å²) in [6.45, 7) is 15.4. The molecule has 26 heavy (non-hydrogen) atoms. The van der Waals surface area contributed by atoms with Crippen LogP contribution in [-0.4, -0.2) is 28.4 Å². The van der Waals surface area contributed by atoms with E-state index < -0.39 is 0 Å². The van der Waals surface area contributed by atoms with Gasteiger partial charge in [-0.15, -0.1) is 13.2 Å². The topological polar surface area (TPSA) is 66.9 Å². The second-order valence-corrected chi connectivity index (χ2v) is 5.44. The smallest absolute Gasteiger partial charge is 0.269 e. The second kappa shape index (κ2) is 14.8. The molecule has 2 aromatic heterocycles. The third-order valence-electron chi connectivity index (χ3n) is 3.14. The number of anilines is 1. The van der Waals surface area contributed by atoms with E-state index >= 15 is 0 Å². The molecule has 0 aliphatic rings. The van der Waals surface area contributed by atoms with Gasteiger partial charge in [0, 0.05) is 24.5 Å². The minimum atomic E-state index is -0.139. The highest BCUT2D eigenvalue weighted by Gasteiger charge is 2.05. The molecule has 0 spiro atoms. The van der Waals surface area contributed by atoms with Crippen molar-refractivity contribution < 1.29 is 4.79 Å². The van der Waals surface area contributed by atoms with Crippen LogP contribution in [0.4, 0.5) is 5.82 Å². The number of carbonyl (C=O) groups excluding carboxylic acids is 1. The van der Waals surface area contributed by atoms with Crippen molar-refractivity contribution in [1.29, 1.82) is 0 Å². The first-order chi connectivity index (χ1) is 12.8. The van der Waals surface area contributed by atoms with Crippen molar-refractivity contribution in [3.63, 3.8) is 0 Å². The number of rotatable bonds is 6. The highest BCUT2D eigenvalue weighted by atomic mass is 32.1. The Labute approximate surface area is 160 Å². The predicted molar refractivity (Wildman–Crippen MR) is 114 cm³/mol. The maximum absolute atomic E-state index is 11.8. The Morgan fingerprint density at radius 2 is 1.92 bits per heavy atom. The molecule has 0 fully saturated rings. The van der Waals surface area contributed by atoms with Crippen LogP contribution in [0.2, 0.25) is 0 Å². The summed E-state index contributed by atoms with van der Waals surface area (Å²) in [5, 5.41) is 7.31. The first kappa shape index (κ1) is 23.5. The van der Waals surface area contributed by atoms with Gasteiger partial charge in [0.05, 0.1) is 4.53 Å². The van der Waals surface area contributed by atoms with E-state index in [1.807, 2.05) is 27.7 Å². The number of nitrogens with one attached hydrogen (secondary N) is 2. The number of hydrogen-bond donors (Lipinski definition) is 2. The van der Waals surface area contributed by atoms with Crippen LogP contribution in [-0.2, 0) is 0 Å². The largest absolute Gasteiger partial charge is 0.369 e. The Morgan fingerprint density at radius 1 is 1.19 bits per heavy atom. The van der Waals surface area contributed by atoms with Gasteiger partial charge in [-0.1, -0.05) is 32.1 Å². The minimum Gasteiger partial charge on any atom is -0.369 e. The molecule has 2 aromatic rings. The Balaban J connectivity index is 0.00000146. The summed E-state index contributed by atoms with van der Waals surface area (Å²) in [4.78, 5) is 15.8. The van der Waals surface area contributed by atoms with Crippen molar-refractivity contribution in [3.05, 3.63) is 53.0 Å². The van der Waals surface area contributed by atoms with Crippen LogP contribution in [0.15, 0.2) is 37.6 Å². The normalized spacial score (nSPS) is 10.9. The Bertz CT molecular complexity index is 741. The van der Waals surface area contributed by atoms with Crippen molar-refractivity contribution in [2.75, 3.05) is 18.4 Å². The van der Waals surface area contributed by atoms with Crippen molar-refractivity contribution in [3.8, 4) is 0 Å².